The molecule has 158 valence electrons. The van der Waals surface area contributed by atoms with Crippen LogP contribution in [0.25, 0.3) is 10.8 Å². The maximum Gasteiger partial charge on any atom is 0.243 e. The van der Waals surface area contributed by atoms with Crippen LogP contribution in [0, 0.1) is 6.92 Å². The highest BCUT2D eigenvalue weighted by Crippen LogP contribution is 2.21. The van der Waals surface area contributed by atoms with Gasteiger partial charge < -0.3 is 5.32 Å². The second-order valence-electron chi connectivity index (χ2n) is 7.16. The Morgan fingerprint density at radius 1 is 1.00 bits per heavy atom. The molecule has 0 bridgehead atoms. The lowest BCUT2D eigenvalue weighted by molar-refractivity contribution is -0.121. The molecule has 3 rings (SSSR count). The Bertz CT molecular complexity index is 1130. The van der Waals surface area contributed by atoms with E-state index in [0.29, 0.717) is 6.54 Å². The van der Waals surface area contributed by atoms with E-state index in [1.54, 1.807) is 30.0 Å². The molecule has 0 aromatic heterocycles. The van der Waals surface area contributed by atoms with Crippen molar-refractivity contribution in [1.29, 1.82) is 0 Å². The zero-order chi connectivity index (χ0) is 21.6. The van der Waals surface area contributed by atoms with Gasteiger partial charge in [-0.2, -0.15) is 16.1 Å². The number of rotatable bonds is 9. The summed E-state index contributed by atoms with van der Waals surface area (Å²) < 4.78 is 26.7. The Morgan fingerprint density at radius 2 is 1.77 bits per heavy atom. The quantitative estimate of drug-likeness (QED) is 0.512. The van der Waals surface area contributed by atoms with Crippen LogP contribution in [0.2, 0.25) is 0 Å². The molecular weight excluding hydrogens is 416 g/mol. The standard InChI is InChI=1S/C23H26N2O3S2/c1-18-6-5-7-19(14-18)17-29-13-12-24-23(26)16-25(2)30(27,28)22-11-10-20-8-3-4-9-21(20)15-22/h3-11,14-15H,12-13,16-17H2,1-2H3,(H,24,26). The minimum Gasteiger partial charge on any atom is -0.354 e. The molecule has 3 aromatic rings. The Hall–Kier alpha value is -2.35. The second kappa shape index (κ2) is 10.1. The van der Waals surface area contributed by atoms with Gasteiger partial charge in [0.1, 0.15) is 0 Å². The topological polar surface area (TPSA) is 66.5 Å². The van der Waals surface area contributed by atoms with E-state index in [1.807, 2.05) is 30.3 Å². The molecule has 0 radical (unpaired) electrons. The number of thioether (sulfide) groups is 1. The molecule has 0 fully saturated rings. The van der Waals surface area contributed by atoms with Crippen LogP contribution >= 0.6 is 11.8 Å². The van der Waals surface area contributed by atoms with E-state index in [0.717, 1.165) is 26.6 Å². The third-order valence-electron chi connectivity index (χ3n) is 4.72. The average molecular weight is 443 g/mol. The van der Waals surface area contributed by atoms with Crippen LogP contribution in [0.1, 0.15) is 11.1 Å². The largest absolute Gasteiger partial charge is 0.354 e. The third kappa shape index (κ3) is 5.84. The SMILES string of the molecule is Cc1cccc(CSCCNC(=O)CN(C)S(=O)(=O)c2ccc3ccccc3c2)c1. The van der Waals surface area contributed by atoms with E-state index in [1.165, 1.54) is 18.2 Å². The number of carbonyl (C=O) groups is 1. The number of hydrogen-bond acceptors (Lipinski definition) is 4. The van der Waals surface area contributed by atoms with E-state index in [4.69, 9.17) is 0 Å². The second-order valence-corrected chi connectivity index (χ2v) is 10.3. The van der Waals surface area contributed by atoms with E-state index in [-0.39, 0.29) is 17.3 Å². The summed E-state index contributed by atoms with van der Waals surface area (Å²) in [5.74, 6) is 1.34. The highest BCUT2D eigenvalue weighted by Gasteiger charge is 2.23. The number of hydrogen-bond donors (Lipinski definition) is 1. The van der Waals surface area contributed by atoms with Gasteiger partial charge >= 0.3 is 0 Å². The van der Waals surface area contributed by atoms with Crippen molar-refractivity contribution in [2.45, 2.75) is 17.6 Å². The molecule has 0 aliphatic rings. The molecule has 0 saturated heterocycles. The predicted molar refractivity (Wildman–Crippen MR) is 124 cm³/mol. The van der Waals surface area contributed by atoms with Gasteiger partial charge in [0, 0.05) is 25.1 Å². The number of benzene rings is 3. The molecule has 1 amide bonds. The van der Waals surface area contributed by atoms with Crippen LogP contribution in [0.5, 0.6) is 0 Å². The first kappa shape index (κ1) is 22.3. The van der Waals surface area contributed by atoms with Crippen molar-refractivity contribution in [2.75, 3.05) is 25.9 Å². The Kier molecular flexibility index (Phi) is 7.53. The van der Waals surface area contributed by atoms with Crippen molar-refractivity contribution in [1.82, 2.24) is 9.62 Å². The van der Waals surface area contributed by atoms with Crippen molar-refractivity contribution in [3.63, 3.8) is 0 Å². The minimum atomic E-state index is -3.73. The molecule has 0 atom stereocenters. The first-order chi connectivity index (χ1) is 14.4. The van der Waals surface area contributed by atoms with E-state index < -0.39 is 10.0 Å². The number of fused-ring (bicyclic) bond motifs is 1. The van der Waals surface area contributed by atoms with Crippen molar-refractivity contribution in [2.24, 2.45) is 0 Å². The van der Waals surface area contributed by atoms with Crippen LogP contribution < -0.4 is 5.32 Å². The molecule has 0 unspecified atom stereocenters. The first-order valence-corrected chi connectivity index (χ1v) is 12.3. The van der Waals surface area contributed by atoms with E-state index in [9.17, 15) is 13.2 Å². The number of nitrogens with zero attached hydrogens (tertiary/aromatic N) is 1. The number of carbonyl (C=O) groups excluding carboxylic acids is 1. The monoisotopic (exact) mass is 442 g/mol. The maximum absolute atomic E-state index is 12.8. The number of aryl methyl sites for hydroxylation is 1. The summed E-state index contributed by atoms with van der Waals surface area (Å²) in [6.07, 6.45) is 0. The summed E-state index contributed by atoms with van der Waals surface area (Å²) in [7, 11) is -2.31. The molecule has 7 heteroatoms. The van der Waals surface area contributed by atoms with E-state index in [2.05, 4.69) is 30.4 Å². The number of likely N-dealkylation sites (N-methyl/N-ethyl adjacent to an activating group) is 1. The molecule has 0 heterocycles. The van der Waals surface area contributed by atoms with Crippen LogP contribution in [0.15, 0.2) is 71.6 Å². The van der Waals surface area contributed by atoms with Crippen LogP contribution in [-0.4, -0.2) is 44.5 Å². The van der Waals surface area contributed by atoms with Crippen molar-refractivity contribution < 1.29 is 13.2 Å². The van der Waals surface area contributed by atoms with Gasteiger partial charge in [0.25, 0.3) is 0 Å². The molecule has 3 aromatic carbocycles. The molecule has 30 heavy (non-hydrogen) atoms. The molecule has 0 spiro atoms. The molecule has 5 nitrogen and oxygen atoms in total. The highest BCUT2D eigenvalue weighted by atomic mass is 32.2. The van der Waals surface area contributed by atoms with E-state index >= 15 is 0 Å². The van der Waals surface area contributed by atoms with Crippen molar-refractivity contribution in [3.05, 3.63) is 77.9 Å². The lowest BCUT2D eigenvalue weighted by atomic mass is 10.1. The molecule has 0 saturated carbocycles. The lowest BCUT2D eigenvalue weighted by Gasteiger charge is -2.17. The maximum atomic E-state index is 12.8. The van der Waals surface area contributed by atoms with Crippen molar-refractivity contribution >= 4 is 38.5 Å². The highest BCUT2D eigenvalue weighted by molar-refractivity contribution is 7.98. The fourth-order valence-electron chi connectivity index (χ4n) is 3.11. The predicted octanol–water partition coefficient (Wildman–Crippen LogP) is 3.82. The van der Waals surface area contributed by atoms with Gasteiger partial charge in [0.2, 0.25) is 15.9 Å². The van der Waals surface area contributed by atoms with Gasteiger partial charge in [0.15, 0.2) is 0 Å². The Labute approximate surface area is 182 Å². The number of amides is 1. The zero-order valence-corrected chi connectivity index (χ0v) is 18.8. The summed E-state index contributed by atoms with van der Waals surface area (Å²) in [5.41, 5.74) is 2.49. The van der Waals surface area contributed by atoms with Gasteiger partial charge in [-0.1, -0.05) is 60.2 Å². The molecule has 0 aliphatic carbocycles. The van der Waals surface area contributed by atoms with Gasteiger partial charge in [-0.3, -0.25) is 4.79 Å². The molecular formula is C23H26N2O3S2. The van der Waals surface area contributed by atoms with Gasteiger partial charge in [-0.25, -0.2) is 8.42 Å². The lowest BCUT2D eigenvalue weighted by Crippen LogP contribution is -2.39. The molecule has 1 N–H and O–H groups in total. The first-order valence-electron chi connectivity index (χ1n) is 9.71. The number of nitrogens with one attached hydrogen (secondary N) is 1. The van der Waals surface area contributed by atoms with Crippen LogP contribution in [0.4, 0.5) is 0 Å². The Balaban J connectivity index is 1.47. The summed E-state index contributed by atoms with van der Waals surface area (Å²) in [6.45, 7) is 2.35. The summed E-state index contributed by atoms with van der Waals surface area (Å²) in [4.78, 5) is 12.4. The summed E-state index contributed by atoms with van der Waals surface area (Å²) >= 11 is 1.73. The smallest absolute Gasteiger partial charge is 0.243 e. The molecule has 0 aliphatic heterocycles. The fourth-order valence-corrected chi connectivity index (χ4v) is 5.07. The normalized spacial score (nSPS) is 11.7. The fraction of sp³-hybridized carbons (Fsp3) is 0.261. The van der Waals surface area contributed by atoms with Crippen LogP contribution in [-0.2, 0) is 20.6 Å². The average Bonchev–Trinajstić information content (AvgIpc) is 2.73. The third-order valence-corrected chi connectivity index (χ3v) is 7.54. The summed E-state index contributed by atoms with van der Waals surface area (Å²) in [5, 5.41) is 4.62. The minimum absolute atomic E-state index is 0.185. The van der Waals surface area contributed by atoms with Gasteiger partial charge in [-0.15, -0.1) is 0 Å². The summed E-state index contributed by atoms with van der Waals surface area (Å²) in [6, 6.07) is 20.9. The Morgan fingerprint density at radius 3 is 2.53 bits per heavy atom. The van der Waals surface area contributed by atoms with Crippen LogP contribution in [0.3, 0.4) is 0 Å². The van der Waals surface area contributed by atoms with Crippen molar-refractivity contribution in [3.8, 4) is 0 Å². The van der Waals surface area contributed by atoms with Gasteiger partial charge in [-0.05, 0) is 35.4 Å². The zero-order valence-electron chi connectivity index (χ0n) is 17.2. The number of sulfonamides is 1. The van der Waals surface area contributed by atoms with Gasteiger partial charge in [0.05, 0.1) is 11.4 Å².